The van der Waals surface area contributed by atoms with E-state index in [-0.39, 0.29) is 29.9 Å². The monoisotopic (exact) mass is 389 g/mol. The summed E-state index contributed by atoms with van der Waals surface area (Å²) in [5, 5.41) is 7.16. The molecule has 2 heterocycles. The summed E-state index contributed by atoms with van der Waals surface area (Å²) in [6.45, 7) is 1.88. The molecule has 3 unspecified atom stereocenters. The van der Waals surface area contributed by atoms with Gasteiger partial charge in [0.2, 0.25) is 5.91 Å². The molecule has 2 saturated heterocycles. The largest absolute Gasteiger partial charge is 0.351 e. The second-order valence-corrected chi connectivity index (χ2v) is 8.55. The first-order chi connectivity index (χ1) is 13.1. The van der Waals surface area contributed by atoms with Gasteiger partial charge in [-0.2, -0.15) is 0 Å². The Morgan fingerprint density at radius 3 is 2.48 bits per heavy atom. The second kappa shape index (κ2) is 8.19. The van der Waals surface area contributed by atoms with Crippen molar-refractivity contribution in [1.82, 2.24) is 15.5 Å². The van der Waals surface area contributed by atoms with E-state index in [0.29, 0.717) is 16.5 Å². The molecule has 1 aromatic rings. The molecule has 0 aromatic heterocycles. The van der Waals surface area contributed by atoms with Gasteiger partial charge in [0, 0.05) is 22.7 Å². The maximum Gasteiger partial charge on any atom is 0.254 e. The van der Waals surface area contributed by atoms with Crippen LogP contribution in [0.25, 0.3) is 0 Å². The number of rotatable bonds is 3. The lowest BCUT2D eigenvalue weighted by atomic mass is 9.84. The maximum absolute atomic E-state index is 13.3. The van der Waals surface area contributed by atoms with Crippen molar-refractivity contribution in [2.45, 2.75) is 63.1 Å². The molecule has 3 fully saturated rings. The van der Waals surface area contributed by atoms with Crippen LogP contribution in [0, 0.1) is 5.92 Å². The smallest absolute Gasteiger partial charge is 0.254 e. The van der Waals surface area contributed by atoms with Crippen molar-refractivity contribution >= 4 is 23.4 Å². The van der Waals surface area contributed by atoms with Gasteiger partial charge in [0.1, 0.15) is 6.04 Å². The summed E-state index contributed by atoms with van der Waals surface area (Å²) >= 11 is 5.98. The molecule has 1 aromatic carbocycles. The van der Waals surface area contributed by atoms with Crippen LogP contribution in [0.4, 0.5) is 0 Å². The zero-order valence-corrected chi connectivity index (χ0v) is 16.4. The molecule has 0 bridgehead atoms. The maximum atomic E-state index is 13.3. The average Bonchev–Trinajstić information content (AvgIpc) is 3.08. The molecule has 2 aliphatic heterocycles. The molecular weight excluding hydrogens is 362 g/mol. The predicted octanol–water partition coefficient (Wildman–Crippen LogP) is 2.98. The van der Waals surface area contributed by atoms with Crippen molar-refractivity contribution in [2.24, 2.45) is 5.92 Å². The Hall–Kier alpha value is -1.59. The van der Waals surface area contributed by atoms with Crippen LogP contribution in [0.2, 0.25) is 5.02 Å². The molecule has 1 saturated carbocycles. The van der Waals surface area contributed by atoms with Crippen LogP contribution in [0.1, 0.15) is 55.3 Å². The highest BCUT2D eigenvalue weighted by Crippen LogP contribution is 2.40. The number of likely N-dealkylation sites (tertiary alicyclic amines) is 1. The van der Waals surface area contributed by atoms with Crippen LogP contribution in [0.5, 0.6) is 0 Å². The Balaban J connectivity index is 1.55. The van der Waals surface area contributed by atoms with E-state index in [1.807, 2.05) is 4.90 Å². The van der Waals surface area contributed by atoms with Gasteiger partial charge in [-0.1, -0.05) is 24.4 Å². The van der Waals surface area contributed by atoms with Crippen LogP contribution < -0.4 is 10.6 Å². The van der Waals surface area contributed by atoms with Crippen LogP contribution >= 0.6 is 11.6 Å². The summed E-state index contributed by atoms with van der Waals surface area (Å²) in [6.07, 6.45) is 7.15. The fraction of sp³-hybridized carbons (Fsp3) is 0.619. The van der Waals surface area contributed by atoms with E-state index >= 15 is 0 Å². The number of carbonyl (C=O) groups excluding carboxylic acids is 2. The quantitative estimate of drug-likeness (QED) is 0.835. The Kier molecular flexibility index (Phi) is 5.69. The summed E-state index contributed by atoms with van der Waals surface area (Å²) in [5.41, 5.74) is 0.616. The van der Waals surface area contributed by atoms with Gasteiger partial charge in [0.15, 0.2) is 0 Å². The Bertz CT molecular complexity index is 687. The predicted molar refractivity (Wildman–Crippen MR) is 106 cm³/mol. The molecule has 0 spiro atoms. The fourth-order valence-electron chi connectivity index (χ4n) is 4.99. The molecule has 2 N–H and O–H groups in total. The Morgan fingerprint density at radius 2 is 1.74 bits per heavy atom. The van der Waals surface area contributed by atoms with Crippen LogP contribution in [-0.2, 0) is 4.79 Å². The standard InChI is InChI=1S/C21H28ClN3O2/c22-16-7-5-14(6-8-16)21(27)25-18-4-2-1-3-15(18)13-19(25)20(26)24-17-9-11-23-12-10-17/h5-8,15,17-19,23H,1-4,9-13H2,(H,24,26). The molecule has 146 valence electrons. The van der Waals surface area contributed by atoms with Gasteiger partial charge >= 0.3 is 0 Å². The second-order valence-electron chi connectivity index (χ2n) is 8.12. The van der Waals surface area contributed by atoms with Gasteiger partial charge in [0.05, 0.1) is 0 Å². The number of fused-ring (bicyclic) bond motifs is 1. The minimum Gasteiger partial charge on any atom is -0.351 e. The van der Waals surface area contributed by atoms with E-state index in [1.165, 1.54) is 6.42 Å². The molecule has 4 rings (SSSR count). The van der Waals surface area contributed by atoms with Crippen molar-refractivity contribution in [1.29, 1.82) is 0 Å². The average molecular weight is 390 g/mol. The number of halogens is 1. The lowest BCUT2D eigenvalue weighted by Crippen LogP contribution is -2.52. The third-order valence-electron chi connectivity index (χ3n) is 6.40. The van der Waals surface area contributed by atoms with E-state index in [0.717, 1.165) is 51.6 Å². The van der Waals surface area contributed by atoms with Gasteiger partial charge in [0.25, 0.3) is 5.91 Å². The van der Waals surface area contributed by atoms with Crippen molar-refractivity contribution in [2.75, 3.05) is 13.1 Å². The minimum atomic E-state index is -0.351. The number of nitrogens with one attached hydrogen (secondary N) is 2. The van der Waals surface area contributed by atoms with E-state index in [9.17, 15) is 9.59 Å². The first-order valence-corrected chi connectivity index (χ1v) is 10.6. The highest BCUT2D eigenvalue weighted by molar-refractivity contribution is 6.30. The molecule has 2 amide bonds. The number of nitrogens with zero attached hydrogens (tertiary/aromatic N) is 1. The van der Waals surface area contributed by atoms with Crippen molar-refractivity contribution in [3.63, 3.8) is 0 Å². The zero-order chi connectivity index (χ0) is 18.8. The number of benzene rings is 1. The molecule has 6 heteroatoms. The van der Waals surface area contributed by atoms with Crippen LogP contribution in [-0.4, -0.2) is 47.9 Å². The third kappa shape index (κ3) is 3.99. The number of carbonyl (C=O) groups is 2. The first-order valence-electron chi connectivity index (χ1n) is 10.2. The van der Waals surface area contributed by atoms with E-state index < -0.39 is 0 Å². The number of piperidine rings is 1. The topological polar surface area (TPSA) is 61.4 Å². The highest BCUT2D eigenvalue weighted by atomic mass is 35.5. The van der Waals surface area contributed by atoms with E-state index in [1.54, 1.807) is 24.3 Å². The van der Waals surface area contributed by atoms with Crippen molar-refractivity contribution < 1.29 is 9.59 Å². The Labute approximate surface area is 165 Å². The van der Waals surface area contributed by atoms with Gasteiger partial charge in [-0.05, 0) is 75.4 Å². The number of hydrogen-bond acceptors (Lipinski definition) is 3. The molecule has 27 heavy (non-hydrogen) atoms. The Morgan fingerprint density at radius 1 is 1.04 bits per heavy atom. The van der Waals surface area contributed by atoms with Gasteiger partial charge in [-0.15, -0.1) is 0 Å². The first kappa shape index (κ1) is 18.8. The molecule has 0 radical (unpaired) electrons. The van der Waals surface area contributed by atoms with Crippen molar-refractivity contribution in [3.8, 4) is 0 Å². The van der Waals surface area contributed by atoms with Crippen LogP contribution in [0.15, 0.2) is 24.3 Å². The molecule has 5 nitrogen and oxygen atoms in total. The molecule has 3 aliphatic rings. The molecule has 3 atom stereocenters. The highest BCUT2D eigenvalue weighted by Gasteiger charge is 2.47. The SMILES string of the molecule is O=C(NC1CCNCC1)C1CC2CCCCC2N1C(=O)c1ccc(Cl)cc1. The lowest BCUT2D eigenvalue weighted by molar-refractivity contribution is -0.126. The van der Waals surface area contributed by atoms with E-state index in [2.05, 4.69) is 10.6 Å². The molecule has 1 aliphatic carbocycles. The summed E-state index contributed by atoms with van der Waals surface area (Å²) in [6, 6.07) is 7.07. The number of amides is 2. The molecular formula is C21H28ClN3O2. The normalized spacial score (nSPS) is 28.6. The van der Waals surface area contributed by atoms with Gasteiger partial charge in [-0.25, -0.2) is 0 Å². The van der Waals surface area contributed by atoms with E-state index in [4.69, 9.17) is 11.6 Å². The van der Waals surface area contributed by atoms with Gasteiger partial charge in [-0.3, -0.25) is 9.59 Å². The number of hydrogen-bond donors (Lipinski definition) is 2. The van der Waals surface area contributed by atoms with Gasteiger partial charge < -0.3 is 15.5 Å². The van der Waals surface area contributed by atoms with Crippen LogP contribution in [0.3, 0.4) is 0 Å². The summed E-state index contributed by atoms with van der Waals surface area (Å²) in [7, 11) is 0. The summed E-state index contributed by atoms with van der Waals surface area (Å²) < 4.78 is 0. The van der Waals surface area contributed by atoms with Crippen molar-refractivity contribution in [3.05, 3.63) is 34.9 Å². The summed E-state index contributed by atoms with van der Waals surface area (Å²) in [4.78, 5) is 28.3. The summed E-state index contributed by atoms with van der Waals surface area (Å²) in [5.74, 6) is 0.434. The minimum absolute atomic E-state index is 0.0265. The zero-order valence-electron chi connectivity index (χ0n) is 15.6. The fourth-order valence-corrected chi connectivity index (χ4v) is 5.12. The lowest BCUT2D eigenvalue weighted by Gasteiger charge is -2.34. The third-order valence-corrected chi connectivity index (χ3v) is 6.65.